The second-order valence-corrected chi connectivity index (χ2v) is 6.81. The zero-order chi connectivity index (χ0) is 16.0. The molecule has 0 heterocycles. The highest BCUT2D eigenvalue weighted by atomic mass is 32.2. The first kappa shape index (κ1) is 17.7. The maximum absolute atomic E-state index is 12.3. The third kappa shape index (κ3) is 5.16. The molecule has 2 atom stereocenters. The van der Waals surface area contributed by atoms with Gasteiger partial charge in [-0.15, -0.1) is 0 Å². The second-order valence-electron chi connectivity index (χ2n) is 5.33. The van der Waals surface area contributed by atoms with E-state index in [1.807, 2.05) is 13.0 Å². The van der Waals surface area contributed by atoms with Crippen molar-refractivity contribution in [2.24, 2.45) is 0 Å². The van der Waals surface area contributed by atoms with Crippen molar-refractivity contribution >= 4 is 22.5 Å². The van der Waals surface area contributed by atoms with Crippen LogP contribution in [-0.4, -0.2) is 40.2 Å². The summed E-state index contributed by atoms with van der Waals surface area (Å²) < 4.78 is 11.3. The first-order chi connectivity index (χ1) is 9.88. The molecule has 1 aromatic carbocycles. The van der Waals surface area contributed by atoms with Crippen LogP contribution in [0.25, 0.3) is 0 Å². The van der Waals surface area contributed by atoms with Gasteiger partial charge in [-0.1, -0.05) is 26.0 Å². The van der Waals surface area contributed by atoms with Crippen molar-refractivity contribution in [3.8, 4) is 0 Å². The summed E-state index contributed by atoms with van der Waals surface area (Å²) in [5.41, 5.74) is 3.20. The molecule has 0 aliphatic rings. The lowest BCUT2D eigenvalue weighted by molar-refractivity contribution is 0.212. The summed E-state index contributed by atoms with van der Waals surface area (Å²) in [6.45, 7) is 6.07. The Morgan fingerprint density at radius 2 is 2.00 bits per heavy atom. The van der Waals surface area contributed by atoms with Crippen LogP contribution in [-0.2, 0) is 23.6 Å². The molecule has 0 saturated carbocycles. The van der Waals surface area contributed by atoms with Crippen LogP contribution in [0.15, 0.2) is 18.2 Å². The monoisotopic (exact) mass is 310 g/mol. The van der Waals surface area contributed by atoms with E-state index in [-0.39, 0.29) is 12.1 Å². The van der Waals surface area contributed by atoms with Gasteiger partial charge in [0, 0.05) is 41.6 Å². The van der Waals surface area contributed by atoms with Crippen LogP contribution < -0.4 is 5.32 Å². The van der Waals surface area contributed by atoms with Crippen molar-refractivity contribution < 1.29 is 9.00 Å². The zero-order valence-corrected chi connectivity index (χ0v) is 14.4. The van der Waals surface area contributed by atoms with E-state index in [1.54, 1.807) is 18.2 Å². The second kappa shape index (κ2) is 8.17. The largest absolute Gasteiger partial charge is 0.324 e. The molecule has 0 aliphatic carbocycles. The Morgan fingerprint density at radius 3 is 2.52 bits per heavy atom. The van der Waals surface area contributed by atoms with E-state index in [0.29, 0.717) is 5.75 Å². The molecule has 0 aliphatic heterocycles. The Labute approximate surface area is 130 Å². The van der Waals surface area contributed by atoms with Gasteiger partial charge in [0.05, 0.1) is 0 Å². The van der Waals surface area contributed by atoms with Gasteiger partial charge in [0.2, 0.25) is 0 Å². The van der Waals surface area contributed by atoms with E-state index in [4.69, 9.17) is 0 Å². The lowest BCUT2D eigenvalue weighted by atomic mass is 10.1. The van der Waals surface area contributed by atoms with Crippen LogP contribution in [0.5, 0.6) is 0 Å². The number of nitrogens with one attached hydrogen (secondary N) is 1. The summed E-state index contributed by atoms with van der Waals surface area (Å²) in [5, 5.41) is 2.98. The molecule has 4 nitrogen and oxygen atoms in total. The fraction of sp³-hybridized carbons (Fsp3) is 0.562. The summed E-state index contributed by atoms with van der Waals surface area (Å²) in [5.74, 6) is 0.486. The average molecular weight is 310 g/mol. The van der Waals surface area contributed by atoms with Gasteiger partial charge in [-0.2, -0.15) is 0 Å². The quantitative estimate of drug-likeness (QED) is 0.878. The smallest absolute Gasteiger partial charge is 0.321 e. The summed E-state index contributed by atoms with van der Waals surface area (Å²) in [7, 11) is 0.826. The van der Waals surface area contributed by atoms with Crippen molar-refractivity contribution in [1.82, 2.24) is 4.90 Å². The number of carbonyl (C=O) groups is 1. The fourth-order valence-electron chi connectivity index (χ4n) is 2.12. The van der Waals surface area contributed by atoms with E-state index in [0.717, 1.165) is 24.1 Å². The van der Waals surface area contributed by atoms with E-state index in [1.165, 1.54) is 5.56 Å². The Balaban J connectivity index is 2.84. The van der Waals surface area contributed by atoms with E-state index >= 15 is 0 Å². The number of aryl methyl sites for hydroxylation is 2. The Bertz CT molecular complexity index is 517. The maximum atomic E-state index is 12.3. The number of carbonyl (C=O) groups excluding carboxylic acids is 1. The van der Waals surface area contributed by atoms with Crippen molar-refractivity contribution in [1.29, 1.82) is 0 Å². The molecule has 0 fully saturated rings. The minimum absolute atomic E-state index is 0.0599. The molecule has 0 spiro atoms. The molecule has 0 saturated heterocycles. The molecular formula is C16H26N2O2S. The first-order valence-corrected chi connectivity index (χ1v) is 9.07. The molecule has 1 rings (SSSR count). The summed E-state index contributed by atoms with van der Waals surface area (Å²) >= 11 is 0. The number of hydrogen-bond donors (Lipinski definition) is 1. The number of hydrogen-bond acceptors (Lipinski definition) is 2. The molecule has 0 bridgehead atoms. The van der Waals surface area contributed by atoms with Gasteiger partial charge in [-0.25, -0.2) is 4.79 Å². The van der Waals surface area contributed by atoms with Crippen molar-refractivity contribution in [3.05, 3.63) is 29.3 Å². The van der Waals surface area contributed by atoms with Crippen LogP contribution in [0.3, 0.4) is 0 Å². The van der Waals surface area contributed by atoms with E-state index < -0.39 is 10.8 Å². The molecule has 5 heteroatoms. The van der Waals surface area contributed by atoms with E-state index in [9.17, 15) is 9.00 Å². The summed E-state index contributed by atoms with van der Waals surface area (Å²) in [6, 6.07) is 5.99. The number of urea groups is 1. The highest BCUT2D eigenvalue weighted by Gasteiger charge is 2.17. The van der Waals surface area contributed by atoms with Crippen molar-refractivity contribution in [2.75, 3.05) is 24.4 Å². The Kier molecular flexibility index (Phi) is 6.89. The van der Waals surface area contributed by atoms with Crippen LogP contribution in [0.2, 0.25) is 0 Å². The van der Waals surface area contributed by atoms with Gasteiger partial charge in [0.15, 0.2) is 0 Å². The Morgan fingerprint density at radius 1 is 1.33 bits per heavy atom. The minimum Gasteiger partial charge on any atom is -0.324 e. The molecule has 0 aromatic heterocycles. The predicted molar refractivity (Wildman–Crippen MR) is 90.4 cm³/mol. The highest BCUT2D eigenvalue weighted by molar-refractivity contribution is 7.84. The molecule has 1 aromatic rings. The standard InChI is InChI=1S/C16H26N2O2S/c1-6-13-8-9-14(7-2)15(10-13)17-16(19)18(4)12(3)11-21(5)20/h8-10,12H,6-7,11H2,1-5H3,(H,17,19)/t12-,21-/m1/s1. The number of rotatable bonds is 6. The van der Waals surface area contributed by atoms with E-state index in [2.05, 4.69) is 31.3 Å². The number of benzene rings is 1. The van der Waals surface area contributed by atoms with Gasteiger partial charge in [0.1, 0.15) is 0 Å². The van der Waals surface area contributed by atoms with Gasteiger partial charge >= 0.3 is 6.03 Å². The van der Waals surface area contributed by atoms with Crippen molar-refractivity contribution in [2.45, 2.75) is 39.7 Å². The van der Waals surface area contributed by atoms with Crippen LogP contribution >= 0.6 is 0 Å². The summed E-state index contributed by atoms with van der Waals surface area (Å²) in [4.78, 5) is 13.9. The zero-order valence-electron chi connectivity index (χ0n) is 13.6. The third-order valence-electron chi connectivity index (χ3n) is 3.66. The fourth-order valence-corrected chi connectivity index (χ4v) is 3.03. The predicted octanol–water partition coefficient (Wildman–Crippen LogP) is 3.04. The molecule has 0 unspecified atom stereocenters. The molecule has 118 valence electrons. The Hall–Kier alpha value is -1.36. The molecule has 2 amide bonds. The molecule has 1 N–H and O–H groups in total. The number of anilines is 1. The number of amides is 2. The minimum atomic E-state index is -0.912. The maximum Gasteiger partial charge on any atom is 0.321 e. The normalized spacial score (nSPS) is 13.6. The lowest BCUT2D eigenvalue weighted by Crippen LogP contribution is -2.41. The average Bonchev–Trinajstić information content (AvgIpc) is 2.45. The van der Waals surface area contributed by atoms with Gasteiger partial charge < -0.3 is 10.2 Å². The molecule has 21 heavy (non-hydrogen) atoms. The first-order valence-electron chi connectivity index (χ1n) is 7.34. The van der Waals surface area contributed by atoms with Gasteiger partial charge in [0.25, 0.3) is 0 Å². The van der Waals surface area contributed by atoms with Crippen LogP contribution in [0, 0.1) is 0 Å². The summed E-state index contributed by atoms with van der Waals surface area (Å²) in [6.07, 6.45) is 3.47. The van der Waals surface area contributed by atoms with Gasteiger partial charge in [-0.3, -0.25) is 4.21 Å². The van der Waals surface area contributed by atoms with Gasteiger partial charge in [-0.05, 0) is 37.0 Å². The highest BCUT2D eigenvalue weighted by Crippen LogP contribution is 2.19. The van der Waals surface area contributed by atoms with Crippen LogP contribution in [0.4, 0.5) is 10.5 Å². The topological polar surface area (TPSA) is 49.4 Å². The van der Waals surface area contributed by atoms with Crippen molar-refractivity contribution in [3.63, 3.8) is 0 Å². The SMILES string of the molecule is CCc1ccc(CC)c(NC(=O)N(C)[C@H](C)C[S@@](C)=O)c1. The number of nitrogens with zero attached hydrogens (tertiary/aromatic N) is 1. The third-order valence-corrected chi connectivity index (χ3v) is 4.61. The lowest BCUT2D eigenvalue weighted by Gasteiger charge is -2.25. The van der Waals surface area contributed by atoms with Crippen LogP contribution in [0.1, 0.15) is 31.9 Å². The molecular weight excluding hydrogens is 284 g/mol. The molecule has 0 radical (unpaired) electrons.